The van der Waals surface area contributed by atoms with E-state index < -0.39 is 39.3 Å². The molecule has 0 radical (unpaired) electrons. The molecule has 3 aromatic rings. The Morgan fingerprint density at radius 2 is 1.93 bits per heavy atom. The van der Waals surface area contributed by atoms with Crippen LogP contribution in [0.5, 0.6) is 0 Å². The van der Waals surface area contributed by atoms with E-state index in [1.54, 1.807) is 31.2 Å². The van der Waals surface area contributed by atoms with Gasteiger partial charge in [-0.2, -0.15) is 4.72 Å². The second-order valence-corrected chi connectivity index (χ2v) is 10.0. The third-order valence-electron chi connectivity index (χ3n) is 5.27. The lowest BCUT2D eigenvalue weighted by molar-refractivity contribution is -0.140. The summed E-state index contributed by atoms with van der Waals surface area (Å²) in [5.41, 5.74) is 4.51. The minimum absolute atomic E-state index is 0.0762. The van der Waals surface area contributed by atoms with Gasteiger partial charge in [-0.25, -0.2) is 8.42 Å². The molecule has 4 N–H and O–H groups in total. The minimum Gasteiger partial charge on any atom is -0.480 e. The van der Waals surface area contributed by atoms with Crippen LogP contribution in [-0.2, 0) is 14.8 Å². The van der Waals surface area contributed by atoms with Gasteiger partial charge in [-0.15, -0.1) is 11.3 Å². The summed E-state index contributed by atoms with van der Waals surface area (Å²) in [5.74, 6) is -3.09. The van der Waals surface area contributed by atoms with Gasteiger partial charge in [0.1, 0.15) is 15.4 Å². The van der Waals surface area contributed by atoms with Crippen molar-refractivity contribution in [2.75, 3.05) is 0 Å². The number of nitrogens with zero attached hydrogens (tertiary/aromatic N) is 1. The van der Waals surface area contributed by atoms with Gasteiger partial charge in [0.15, 0.2) is 0 Å². The van der Waals surface area contributed by atoms with Gasteiger partial charge < -0.3 is 15.4 Å². The van der Waals surface area contributed by atoms with E-state index >= 15 is 0 Å². The standard InChI is InChI=1S/C19H17N3O6S2/c1-10-16(11-5-3-2-4-6-11)19(10,18(24)25)22-30(26,27)15-8-7-14(29-15)12-9-13(17(20)23)28-21-12/h2-10,16,22H,1H3,(H2,20,23)(H,24,25)/t10?,16-,19+/m1/s1. The number of carbonyl (C=O) groups excluding carboxylic acids is 1. The highest BCUT2D eigenvalue weighted by Crippen LogP contribution is 2.58. The topological polar surface area (TPSA) is 153 Å². The summed E-state index contributed by atoms with van der Waals surface area (Å²) in [7, 11) is -4.13. The molecule has 9 nitrogen and oxygen atoms in total. The van der Waals surface area contributed by atoms with Crippen molar-refractivity contribution in [1.29, 1.82) is 0 Å². The SMILES string of the molecule is CC1[C@H](c2ccccc2)[C@]1(NS(=O)(=O)c1ccc(-c2cc(C(N)=O)on2)s1)C(=O)O. The highest BCUT2D eigenvalue weighted by atomic mass is 32.2. The van der Waals surface area contributed by atoms with E-state index in [9.17, 15) is 23.1 Å². The van der Waals surface area contributed by atoms with Crippen molar-refractivity contribution in [1.82, 2.24) is 9.88 Å². The van der Waals surface area contributed by atoms with Gasteiger partial charge in [-0.1, -0.05) is 42.4 Å². The molecular formula is C19H17N3O6S2. The van der Waals surface area contributed by atoms with Crippen LogP contribution in [0.15, 0.2) is 57.3 Å². The average Bonchev–Trinajstić information content (AvgIpc) is 3.14. The lowest BCUT2D eigenvalue weighted by Gasteiger charge is -2.15. The summed E-state index contributed by atoms with van der Waals surface area (Å²) in [6.07, 6.45) is 0. The van der Waals surface area contributed by atoms with E-state index in [1.165, 1.54) is 18.2 Å². The van der Waals surface area contributed by atoms with Gasteiger partial charge in [0, 0.05) is 12.0 Å². The van der Waals surface area contributed by atoms with Crippen molar-refractivity contribution in [3.8, 4) is 10.6 Å². The summed E-state index contributed by atoms with van der Waals surface area (Å²) in [6, 6.07) is 13.1. The quantitative estimate of drug-likeness (QED) is 0.501. The molecular weight excluding hydrogens is 430 g/mol. The molecule has 0 bridgehead atoms. The molecule has 3 atom stereocenters. The first-order valence-electron chi connectivity index (χ1n) is 8.86. The number of carboxylic acids is 1. The first-order valence-corrected chi connectivity index (χ1v) is 11.2. The van der Waals surface area contributed by atoms with E-state index in [4.69, 9.17) is 10.3 Å². The molecule has 156 valence electrons. The number of aromatic nitrogens is 1. The molecule has 1 aromatic carbocycles. The zero-order chi connectivity index (χ0) is 21.7. The van der Waals surface area contributed by atoms with Gasteiger partial charge in [0.2, 0.25) is 5.76 Å². The van der Waals surface area contributed by atoms with Crippen molar-refractivity contribution >= 4 is 33.2 Å². The lowest BCUT2D eigenvalue weighted by Crippen LogP contribution is -2.45. The molecule has 1 unspecified atom stereocenters. The molecule has 4 rings (SSSR count). The highest BCUT2D eigenvalue weighted by Gasteiger charge is 2.70. The number of sulfonamides is 1. The molecule has 11 heteroatoms. The summed E-state index contributed by atoms with van der Waals surface area (Å²) < 4.78 is 33.1. The van der Waals surface area contributed by atoms with Crippen LogP contribution in [0.3, 0.4) is 0 Å². The fraction of sp³-hybridized carbons (Fsp3) is 0.211. The number of amides is 1. The van der Waals surface area contributed by atoms with Crippen LogP contribution < -0.4 is 10.5 Å². The molecule has 0 saturated heterocycles. The maximum absolute atomic E-state index is 13.0. The largest absolute Gasteiger partial charge is 0.480 e. The lowest BCUT2D eigenvalue weighted by atomic mass is 10.1. The van der Waals surface area contributed by atoms with Crippen LogP contribution in [0.2, 0.25) is 0 Å². The van der Waals surface area contributed by atoms with Crippen LogP contribution in [0.25, 0.3) is 10.6 Å². The average molecular weight is 447 g/mol. The molecule has 0 aliphatic heterocycles. The molecule has 1 aliphatic carbocycles. The third kappa shape index (κ3) is 3.20. The Kier molecular flexibility index (Phi) is 4.76. The Morgan fingerprint density at radius 3 is 2.53 bits per heavy atom. The van der Waals surface area contributed by atoms with Gasteiger partial charge in [-0.05, 0) is 23.6 Å². The van der Waals surface area contributed by atoms with E-state index in [0.29, 0.717) is 4.88 Å². The number of nitrogens with one attached hydrogen (secondary N) is 1. The Morgan fingerprint density at radius 1 is 1.23 bits per heavy atom. The van der Waals surface area contributed by atoms with Gasteiger partial charge in [-0.3, -0.25) is 9.59 Å². The van der Waals surface area contributed by atoms with Crippen molar-refractivity contribution in [2.24, 2.45) is 11.7 Å². The van der Waals surface area contributed by atoms with Crippen LogP contribution in [0.4, 0.5) is 0 Å². The van der Waals surface area contributed by atoms with Crippen molar-refractivity contribution < 1.29 is 27.6 Å². The van der Waals surface area contributed by atoms with E-state index in [1.807, 2.05) is 6.07 Å². The molecule has 1 fully saturated rings. The normalized spacial score (nSPS) is 23.2. The molecule has 2 heterocycles. The Labute approximate surface area is 175 Å². The van der Waals surface area contributed by atoms with E-state index in [0.717, 1.165) is 16.9 Å². The maximum atomic E-state index is 13.0. The second-order valence-electron chi connectivity index (χ2n) is 7.02. The summed E-state index contributed by atoms with van der Waals surface area (Å²) in [4.78, 5) is 23.7. The summed E-state index contributed by atoms with van der Waals surface area (Å²) in [5, 5.41) is 13.6. The van der Waals surface area contributed by atoms with Gasteiger partial charge >= 0.3 is 5.97 Å². The third-order valence-corrected chi connectivity index (χ3v) is 8.35. The number of rotatable bonds is 7. The molecule has 0 spiro atoms. The van der Waals surface area contributed by atoms with Crippen LogP contribution in [-0.4, -0.2) is 36.1 Å². The number of hydrogen-bond acceptors (Lipinski definition) is 7. The first-order chi connectivity index (χ1) is 14.2. The number of benzene rings is 1. The van der Waals surface area contributed by atoms with Crippen LogP contribution in [0.1, 0.15) is 29.0 Å². The number of aliphatic carboxylic acids is 1. The minimum atomic E-state index is -4.13. The number of primary amides is 1. The van der Waals surface area contributed by atoms with Crippen LogP contribution >= 0.6 is 11.3 Å². The first kappa shape index (κ1) is 20.3. The summed E-state index contributed by atoms with van der Waals surface area (Å²) >= 11 is 0.878. The molecule has 30 heavy (non-hydrogen) atoms. The monoisotopic (exact) mass is 447 g/mol. The number of thiophene rings is 1. The summed E-state index contributed by atoms with van der Waals surface area (Å²) in [6.45, 7) is 1.70. The van der Waals surface area contributed by atoms with E-state index in [2.05, 4.69) is 9.88 Å². The zero-order valence-electron chi connectivity index (χ0n) is 15.6. The number of carbonyl (C=O) groups is 2. The van der Waals surface area contributed by atoms with Gasteiger partial charge in [0.25, 0.3) is 15.9 Å². The number of carboxylic acid groups (broad SMARTS) is 1. The van der Waals surface area contributed by atoms with Crippen LogP contribution in [0, 0.1) is 5.92 Å². The fourth-order valence-electron chi connectivity index (χ4n) is 3.68. The fourth-order valence-corrected chi connectivity index (χ4v) is 6.40. The smallest absolute Gasteiger partial charge is 0.325 e. The highest BCUT2D eigenvalue weighted by molar-refractivity contribution is 7.91. The van der Waals surface area contributed by atoms with Gasteiger partial charge in [0.05, 0.1) is 4.88 Å². The second kappa shape index (κ2) is 7.04. The molecule has 1 saturated carbocycles. The molecule has 2 aromatic heterocycles. The zero-order valence-corrected chi connectivity index (χ0v) is 17.2. The number of hydrogen-bond donors (Lipinski definition) is 3. The van der Waals surface area contributed by atoms with Crippen molar-refractivity contribution in [2.45, 2.75) is 22.6 Å². The Hall–Kier alpha value is -3.02. The Bertz CT molecular complexity index is 1230. The van der Waals surface area contributed by atoms with Crippen molar-refractivity contribution in [3.05, 3.63) is 59.9 Å². The maximum Gasteiger partial charge on any atom is 0.325 e. The predicted octanol–water partition coefficient (Wildman–Crippen LogP) is 2.04. The Balaban J connectivity index is 1.63. The molecule has 1 aliphatic rings. The molecule has 1 amide bonds. The number of nitrogens with two attached hydrogens (primary N) is 1. The van der Waals surface area contributed by atoms with E-state index in [-0.39, 0.29) is 15.7 Å². The van der Waals surface area contributed by atoms with Crippen molar-refractivity contribution in [3.63, 3.8) is 0 Å². The predicted molar refractivity (Wildman–Crippen MR) is 107 cm³/mol.